The molecule has 0 aromatic heterocycles. The van der Waals surface area contributed by atoms with Gasteiger partial charge in [-0.2, -0.15) is 0 Å². The molecule has 0 aliphatic carbocycles. The van der Waals surface area contributed by atoms with E-state index in [2.05, 4.69) is 16.0 Å². The van der Waals surface area contributed by atoms with Crippen LogP contribution < -0.4 is 16.0 Å². The highest BCUT2D eigenvalue weighted by molar-refractivity contribution is 5.96. The fourth-order valence-corrected chi connectivity index (χ4v) is 3.14. The fourth-order valence-electron chi connectivity index (χ4n) is 3.14. The molecule has 28 heavy (non-hydrogen) atoms. The van der Waals surface area contributed by atoms with Crippen molar-refractivity contribution in [3.8, 4) is 0 Å². The van der Waals surface area contributed by atoms with E-state index < -0.39 is 0 Å². The zero-order valence-corrected chi connectivity index (χ0v) is 16.4. The molecule has 6 heteroatoms. The maximum atomic E-state index is 12.2. The van der Waals surface area contributed by atoms with Crippen molar-refractivity contribution in [2.24, 2.45) is 0 Å². The summed E-state index contributed by atoms with van der Waals surface area (Å²) in [5.74, 6) is -0.276. The molecule has 2 aromatic carbocycles. The number of anilines is 2. The van der Waals surface area contributed by atoms with Gasteiger partial charge >= 0.3 is 0 Å². The third-order valence-corrected chi connectivity index (χ3v) is 4.99. The number of carbonyl (C=O) groups is 2. The van der Waals surface area contributed by atoms with Crippen molar-refractivity contribution in [3.63, 3.8) is 0 Å². The number of hydrogen-bond donors (Lipinski definition) is 3. The molecule has 1 fully saturated rings. The molecule has 3 rings (SSSR count). The Balaban J connectivity index is 1.47. The van der Waals surface area contributed by atoms with Gasteiger partial charge < -0.3 is 20.7 Å². The van der Waals surface area contributed by atoms with Crippen LogP contribution >= 0.6 is 0 Å². The van der Waals surface area contributed by atoms with Crippen LogP contribution in [-0.4, -0.2) is 37.6 Å². The van der Waals surface area contributed by atoms with E-state index in [9.17, 15) is 9.59 Å². The molecule has 1 unspecified atom stereocenters. The van der Waals surface area contributed by atoms with Crippen LogP contribution in [0.15, 0.2) is 42.5 Å². The molecule has 1 aliphatic heterocycles. The maximum absolute atomic E-state index is 12.2. The summed E-state index contributed by atoms with van der Waals surface area (Å²) in [5, 5.41) is 8.88. The van der Waals surface area contributed by atoms with Crippen LogP contribution in [0.2, 0.25) is 0 Å². The van der Waals surface area contributed by atoms with Gasteiger partial charge in [-0.3, -0.25) is 9.59 Å². The minimum atomic E-state index is -0.142. The van der Waals surface area contributed by atoms with Crippen LogP contribution in [0.5, 0.6) is 0 Å². The van der Waals surface area contributed by atoms with Crippen LogP contribution in [0, 0.1) is 13.8 Å². The maximum Gasteiger partial charge on any atom is 0.251 e. The van der Waals surface area contributed by atoms with Crippen LogP contribution in [0.25, 0.3) is 0 Å². The summed E-state index contributed by atoms with van der Waals surface area (Å²) in [4.78, 5) is 24.4. The number of hydrogen-bond acceptors (Lipinski definition) is 4. The van der Waals surface area contributed by atoms with Gasteiger partial charge in [-0.1, -0.05) is 12.1 Å². The van der Waals surface area contributed by atoms with Gasteiger partial charge in [-0.25, -0.2) is 0 Å². The SMILES string of the molecule is Cc1cccc(NCC(=O)Nc2ccc(C(=O)NCC3CCCO3)cc2)c1C. The van der Waals surface area contributed by atoms with Crippen LogP contribution in [-0.2, 0) is 9.53 Å². The largest absolute Gasteiger partial charge is 0.376 e. The van der Waals surface area contributed by atoms with Crippen molar-refractivity contribution in [1.82, 2.24) is 5.32 Å². The topological polar surface area (TPSA) is 79.5 Å². The first-order chi connectivity index (χ1) is 13.5. The average molecular weight is 381 g/mol. The minimum Gasteiger partial charge on any atom is -0.376 e. The highest BCUT2D eigenvalue weighted by atomic mass is 16.5. The first-order valence-corrected chi connectivity index (χ1v) is 9.63. The highest BCUT2D eigenvalue weighted by Crippen LogP contribution is 2.18. The molecule has 0 saturated carbocycles. The predicted molar refractivity (Wildman–Crippen MR) is 111 cm³/mol. The van der Waals surface area contributed by atoms with Crippen LogP contribution in [0.3, 0.4) is 0 Å². The molecular formula is C22H27N3O3. The third kappa shape index (κ3) is 5.33. The molecule has 6 nitrogen and oxygen atoms in total. The van der Waals surface area contributed by atoms with E-state index in [4.69, 9.17) is 4.74 Å². The Kier molecular flexibility index (Phi) is 6.66. The second-order valence-electron chi connectivity index (χ2n) is 7.07. The number of nitrogens with one attached hydrogen (secondary N) is 3. The van der Waals surface area contributed by atoms with Gasteiger partial charge in [0, 0.05) is 30.1 Å². The lowest BCUT2D eigenvalue weighted by Gasteiger charge is -2.12. The average Bonchev–Trinajstić information content (AvgIpc) is 3.21. The predicted octanol–water partition coefficient (Wildman–Crippen LogP) is 3.26. The normalized spacial score (nSPS) is 15.9. The molecule has 2 amide bonds. The molecule has 148 valence electrons. The second kappa shape index (κ2) is 9.37. The van der Waals surface area contributed by atoms with Crippen LogP contribution in [0.4, 0.5) is 11.4 Å². The van der Waals surface area contributed by atoms with Crippen molar-refractivity contribution in [3.05, 3.63) is 59.2 Å². The van der Waals surface area contributed by atoms with E-state index in [1.54, 1.807) is 24.3 Å². The molecule has 2 aromatic rings. The van der Waals surface area contributed by atoms with E-state index in [1.807, 2.05) is 32.0 Å². The molecule has 1 heterocycles. The third-order valence-electron chi connectivity index (χ3n) is 4.99. The number of benzene rings is 2. The zero-order chi connectivity index (χ0) is 19.9. The van der Waals surface area contributed by atoms with E-state index in [1.165, 1.54) is 5.56 Å². The summed E-state index contributed by atoms with van der Waals surface area (Å²) in [6, 6.07) is 12.8. The first kappa shape index (κ1) is 19.9. The Morgan fingerprint density at radius 2 is 1.89 bits per heavy atom. The molecule has 0 radical (unpaired) electrons. The minimum absolute atomic E-state index is 0.118. The smallest absolute Gasteiger partial charge is 0.251 e. The Bertz CT molecular complexity index is 827. The van der Waals surface area contributed by atoms with E-state index >= 15 is 0 Å². The Morgan fingerprint density at radius 1 is 1.11 bits per heavy atom. The van der Waals surface area contributed by atoms with Crippen molar-refractivity contribution in [2.75, 3.05) is 30.3 Å². The van der Waals surface area contributed by atoms with Crippen molar-refractivity contribution >= 4 is 23.2 Å². The number of aryl methyl sites for hydroxylation is 1. The van der Waals surface area contributed by atoms with Crippen molar-refractivity contribution in [2.45, 2.75) is 32.8 Å². The summed E-state index contributed by atoms with van der Waals surface area (Å²) in [7, 11) is 0. The van der Waals surface area contributed by atoms with Crippen LogP contribution in [0.1, 0.15) is 34.3 Å². The molecule has 0 bridgehead atoms. The van der Waals surface area contributed by atoms with E-state index in [-0.39, 0.29) is 24.5 Å². The monoisotopic (exact) mass is 381 g/mol. The van der Waals surface area contributed by atoms with Gasteiger partial charge in [-0.05, 0) is 68.1 Å². The Hall–Kier alpha value is -2.86. The van der Waals surface area contributed by atoms with Gasteiger partial charge in [0.2, 0.25) is 5.91 Å². The molecule has 1 saturated heterocycles. The Morgan fingerprint density at radius 3 is 2.61 bits per heavy atom. The number of carbonyl (C=O) groups excluding carboxylic acids is 2. The van der Waals surface area contributed by atoms with Gasteiger partial charge in [0.05, 0.1) is 12.6 Å². The lowest BCUT2D eigenvalue weighted by Crippen LogP contribution is -2.31. The van der Waals surface area contributed by atoms with Crippen molar-refractivity contribution < 1.29 is 14.3 Å². The number of amides is 2. The summed E-state index contributed by atoms with van der Waals surface area (Å²) in [5.41, 5.74) is 4.48. The summed E-state index contributed by atoms with van der Waals surface area (Å²) in [6.45, 7) is 5.54. The van der Waals surface area contributed by atoms with Gasteiger partial charge in [0.1, 0.15) is 0 Å². The Labute approximate surface area is 165 Å². The summed E-state index contributed by atoms with van der Waals surface area (Å²) >= 11 is 0. The van der Waals surface area contributed by atoms with Gasteiger partial charge in [-0.15, -0.1) is 0 Å². The number of ether oxygens (including phenoxy) is 1. The zero-order valence-electron chi connectivity index (χ0n) is 16.4. The highest BCUT2D eigenvalue weighted by Gasteiger charge is 2.16. The lowest BCUT2D eigenvalue weighted by atomic mass is 10.1. The lowest BCUT2D eigenvalue weighted by molar-refractivity contribution is -0.114. The fraction of sp³-hybridized carbons (Fsp3) is 0.364. The molecule has 0 spiro atoms. The van der Waals surface area contributed by atoms with E-state index in [0.29, 0.717) is 17.8 Å². The summed E-state index contributed by atoms with van der Waals surface area (Å²) in [6.07, 6.45) is 2.15. The molecule has 3 N–H and O–H groups in total. The summed E-state index contributed by atoms with van der Waals surface area (Å²) < 4.78 is 5.50. The molecule has 1 aliphatic rings. The standard InChI is InChI=1S/C22H27N3O3/c1-15-5-3-7-20(16(15)2)23-14-21(26)25-18-10-8-17(9-11-18)22(27)24-13-19-6-4-12-28-19/h3,5,7-11,19,23H,4,6,12-14H2,1-2H3,(H,24,27)(H,25,26). The molecular weight excluding hydrogens is 354 g/mol. The number of rotatable bonds is 7. The van der Waals surface area contributed by atoms with Gasteiger partial charge in [0.25, 0.3) is 5.91 Å². The quantitative estimate of drug-likeness (QED) is 0.688. The molecule has 1 atom stereocenters. The second-order valence-corrected chi connectivity index (χ2v) is 7.07. The van der Waals surface area contributed by atoms with E-state index in [0.717, 1.165) is 30.7 Å². The van der Waals surface area contributed by atoms with Crippen molar-refractivity contribution in [1.29, 1.82) is 0 Å². The first-order valence-electron chi connectivity index (χ1n) is 9.63. The van der Waals surface area contributed by atoms with Gasteiger partial charge in [0.15, 0.2) is 0 Å².